The van der Waals surface area contributed by atoms with Crippen molar-refractivity contribution >= 4 is 29.6 Å². The van der Waals surface area contributed by atoms with Crippen LogP contribution in [0.1, 0.15) is 31.8 Å². The predicted molar refractivity (Wildman–Crippen MR) is 119 cm³/mol. The number of nitrogens with zero attached hydrogens (tertiary/aromatic N) is 1. The van der Waals surface area contributed by atoms with E-state index in [0.29, 0.717) is 16.7 Å². The Labute approximate surface area is 186 Å². The molecule has 0 saturated heterocycles. The van der Waals surface area contributed by atoms with Crippen LogP contribution in [0.25, 0.3) is 11.1 Å². The lowest BCUT2D eigenvalue weighted by Crippen LogP contribution is -2.12. The molecule has 0 heterocycles. The van der Waals surface area contributed by atoms with Gasteiger partial charge in [-0.3, -0.25) is 5.41 Å². The van der Waals surface area contributed by atoms with Gasteiger partial charge in [-0.15, -0.1) is 0 Å². The Morgan fingerprint density at radius 3 is 2.24 bits per heavy atom. The summed E-state index contributed by atoms with van der Waals surface area (Å²) in [5, 5.41) is 33.1. The smallest absolute Gasteiger partial charge is 0.337 e. The Morgan fingerprint density at radius 1 is 0.939 bits per heavy atom. The van der Waals surface area contributed by atoms with Crippen LogP contribution in [0.5, 0.6) is 0 Å². The molecule has 0 aliphatic carbocycles. The largest absolute Gasteiger partial charge is 0.478 e. The number of anilines is 1. The van der Waals surface area contributed by atoms with Gasteiger partial charge in [-0.1, -0.05) is 24.3 Å². The van der Waals surface area contributed by atoms with Crippen molar-refractivity contribution in [2.24, 2.45) is 10.9 Å². The van der Waals surface area contributed by atoms with Crippen molar-refractivity contribution in [3.05, 3.63) is 88.5 Å². The summed E-state index contributed by atoms with van der Waals surface area (Å²) in [5.41, 5.74) is 1.30. The van der Waals surface area contributed by atoms with E-state index in [2.05, 4.69) is 10.4 Å². The van der Waals surface area contributed by atoms with Gasteiger partial charge >= 0.3 is 11.9 Å². The number of carboxylic acids is 2. The Balaban J connectivity index is 1.95. The highest BCUT2D eigenvalue weighted by atomic mass is 19.2. The van der Waals surface area contributed by atoms with Gasteiger partial charge < -0.3 is 21.4 Å². The minimum atomic E-state index is -1.24. The average molecular weight is 452 g/mol. The zero-order chi connectivity index (χ0) is 24.1. The first kappa shape index (κ1) is 23.1. The number of rotatable bonds is 8. The van der Waals surface area contributed by atoms with Crippen molar-refractivity contribution in [3.8, 4) is 11.1 Å². The van der Waals surface area contributed by atoms with Crippen LogP contribution in [-0.2, 0) is 6.54 Å². The molecule has 0 amide bonds. The summed E-state index contributed by atoms with van der Waals surface area (Å²) in [6.45, 7) is -0.0538. The van der Waals surface area contributed by atoms with Gasteiger partial charge in [0.2, 0.25) is 0 Å². The van der Waals surface area contributed by atoms with Gasteiger partial charge in [0.25, 0.3) is 0 Å². The van der Waals surface area contributed by atoms with Crippen LogP contribution in [0.3, 0.4) is 0 Å². The summed E-state index contributed by atoms with van der Waals surface area (Å²) < 4.78 is 26.9. The number of hydrogen-bond acceptors (Lipinski definition) is 6. The van der Waals surface area contributed by atoms with E-state index in [4.69, 9.17) is 11.3 Å². The molecule has 0 saturated carbocycles. The molecule has 0 aliphatic rings. The van der Waals surface area contributed by atoms with Crippen molar-refractivity contribution in [1.29, 1.82) is 5.41 Å². The van der Waals surface area contributed by atoms with Crippen molar-refractivity contribution < 1.29 is 28.6 Å². The van der Waals surface area contributed by atoms with E-state index in [1.54, 1.807) is 0 Å². The number of halogens is 2. The summed E-state index contributed by atoms with van der Waals surface area (Å²) >= 11 is 0. The first-order chi connectivity index (χ1) is 15.7. The Bertz CT molecular complexity index is 1290. The second kappa shape index (κ2) is 9.69. The molecule has 0 radical (unpaired) electrons. The van der Waals surface area contributed by atoms with Crippen LogP contribution in [0, 0.1) is 17.0 Å². The molecule has 10 heteroatoms. The summed E-state index contributed by atoms with van der Waals surface area (Å²) in [5.74, 6) is 0.524. The molecular weight excluding hydrogens is 434 g/mol. The van der Waals surface area contributed by atoms with Gasteiger partial charge in [-0.25, -0.2) is 18.4 Å². The topological polar surface area (TPSA) is 149 Å². The fourth-order valence-electron chi connectivity index (χ4n) is 3.17. The molecule has 3 rings (SSSR count). The number of aromatic carboxylic acids is 2. The monoisotopic (exact) mass is 452 g/mol. The van der Waals surface area contributed by atoms with Crippen LogP contribution in [0.15, 0.2) is 59.7 Å². The van der Waals surface area contributed by atoms with Crippen LogP contribution < -0.4 is 11.2 Å². The van der Waals surface area contributed by atoms with E-state index in [0.717, 1.165) is 18.3 Å². The second-order valence-corrected chi connectivity index (χ2v) is 6.92. The highest BCUT2D eigenvalue weighted by Crippen LogP contribution is 2.28. The molecule has 0 spiro atoms. The fraction of sp³-hybridized carbons (Fsp3) is 0.0435. The zero-order valence-corrected chi connectivity index (χ0v) is 17.0. The second-order valence-electron chi connectivity index (χ2n) is 6.92. The van der Waals surface area contributed by atoms with Crippen molar-refractivity contribution in [2.45, 2.75) is 6.54 Å². The Hall–Kier alpha value is -4.60. The lowest BCUT2D eigenvalue weighted by atomic mass is 10.00. The molecule has 0 fully saturated rings. The number of nitrogens with one attached hydrogen (secondary N) is 2. The maximum Gasteiger partial charge on any atom is 0.337 e. The maximum absolute atomic E-state index is 13.6. The van der Waals surface area contributed by atoms with E-state index in [1.807, 2.05) is 0 Å². The molecule has 8 nitrogen and oxygen atoms in total. The summed E-state index contributed by atoms with van der Waals surface area (Å²) in [6, 6.07) is 11.9. The summed E-state index contributed by atoms with van der Waals surface area (Å²) in [6.07, 6.45) is 1.07. The van der Waals surface area contributed by atoms with Gasteiger partial charge in [-0.2, -0.15) is 5.10 Å². The fourth-order valence-corrected chi connectivity index (χ4v) is 3.17. The number of hydrazone groups is 1. The van der Waals surface area contributed by atoms with E-state index in [-0.39, 0.29) is 34.6 Å². The van der Waals surface area contributed by atoms with Crippen molar-refractivity contribution in [3.63, 3.8) is 0 Å². The van der Waals surface area contributed by atoms with Gasteiger partial charge in [0.05, 0.1) is 23.1 Å². The van der Waals surface area contributed by atoms with Crippen LogP contribution in [0.2, 0.25) is 0 Å². The summed E-state index contributed by atoms with van der Waals surface area (Å²) in [7, 11) is 0. The van der Waals surface area contributed by atoms with Crippen LogP contribution >= 0.6 is 0 Å². The number of nitrogens with two attached hydrogens (primary N) is 1. The first-order valence-corrected chi connectivity index (χ1v) is 9.46. The molecule has 3 aromatic rings. The van der Waals surface area contributed by atoms with Gasteiger partial charge in [0.1, 0.15) is 0 Å². The van der Waals surface area contributed by atoms with Gasteiger partial charge in [0.15, 0.2) is 11.6 Å². The number of carbonyl (C=O) groups is 2. The normalized spacial score (nSPS) is 10.8. The van der Waals surface area contributed by atoms with Crippen LogP contribution in [0.4, 0.5) is 14.5 Å². The standard InChI is InChI=1S/C23H18F2N4O4/c24-18-6-4-12(8-19(18)25)13-3-5-16(22(30)31)21(9-13)28-10-15-2-1-14(20(26)11-29-27)7-17(15)23(32)33/h1-9,11,26,28H,10,27H2,(H,30,31)(H,32,33)/b26-20?,29-11-. The third-order valence-corrected chi connectivity index (χ3v) is 4.83. The quantitative estimate of drug-likeness (QED) is 0.198. The lowest BCUT2D eigenvalue weighted by molar-refractivity contribution is 0.0685. The third kappa shape index (κ3) is 5.18. The highest BCUT2D eigenvalue weighted by molar-refractivity contribution is 6.36. The predicted octanol–water partition coefficient (Wildman–Crippen LogP) is 3.95. The minimum Gasteiger partial charge on any atom is -0.478 e. The molecule has 0 aromatic heterocycles. The van der Waals surface area contributed by atoms with E-state index in [9.17, 15) is 28.6 Å². The molecule has 6 N–H and O–H groups in total. The van der Waals surface area contributed by atoms with Crippen molar-refractivity contribution in [1.82, 2.24) is 0 Å². The number of carboxylic acid groups (broad SMARTS) is 2. The molecule has 0 unspecified atom stereocenters. The molecule has 0 bridgehead atoms. The lowest BCUT2D eigenvalue weighted by Gasteiger charge is -2.14. The number of hydrogen-bond donors (Lipinski definition) is 5. The Morgan fingerprint density at radius 2 is 1.61 bits per heavy atom. The molecule has 0 atom stereocenters. The van der Waals surface area contributed by atoms with E-state index in [1.165, 1.54) is 42.5 Å². The van der Waals surface area contributed by atoms with Gasteiger partial charge in [-0.05, 0) is 47.0 Å². The maximum atomic E-state index is 13.6. The summed E-state index contributed by atoms with van der Waals surface area (Å²) in [4.78, 5) is 23.4. The highest BCUT2D eigenvalue weighted by Gasteiger charge is 2.16. The van der Waals surface area contributed by atoms with E-state index >= 15 is 0 Å². The van der Waals surface area contributed by atoms with Crippen molar-refractivity contribution in [2.75, 3.05) is 5.32 Å². The molecular formula is C23H18F2N4O4. The van der Waals surface area contributed by atoms with Crippen LogP contribution in [-0.4, -0.2) is 34.1 Å². The number of benzene rings is 3. The third-order valence-electron chi connectivity index (χ3n) is 4.83. The SMILES string of the molecule is N=C(/C=N\N)c1ccc(CNc2cc(-c3ccc(F)c(F)c3)ccc2C(=O)O)c(C(=O)O)c1. The first-order valence-electron chi connectivity index (χ1n) is 9.46. The minimum absolute atomic E-state index is 0.0538. The Kier molecular flexibility index (Phi) is 6.77. The molecule has 3 aromatic carbocycles. The average Bonchev–Trinajstić information content (AvgIpc) is 2.79. The van der Waals surface area contributed by atoms with Gasteiger partial charge in [0, 0.05) is 17.8 Å². The molecule has 33 heavy (non-hydrogen) atoms. The molecule has 168 valence electrons. The van der Waals surface area contributed by atoms with E-state index < -0.39 is 23.6 Å². The zero-order valence-electron chi connectivity index (χ0n) is 17.0. The molecule has 0 aliphatic heterocycles.